The molecule has 0 amide bonds. The number of fused-ring (bicyclic) bond motifs is 2. The van der Waals surface area contributed by atoms with Crippen LogP contribution < -0.4 is 24.4 Å². The SMILES string of the molecule is CCOC(=O)C1=C(c2ccccc2)N=c2s/c(=C\c3cn(Cc4ccc([N+](=O)[O-])cc4)c4ccccc34)c(=O)n2[C@@H]1c1ccc(OC)c(OC)c1. The number of esters is 1. The molecule has 0 radical (unpaired) electrons. The number of nitro benzene ring substituents is 1. The highest BCUT2D eigenvalue weighted by Crippen LogP contribution is 2.38. The molecule has 0 aliphatic carbocycles. The summed E-state index contributed by atoms with van der Waals surface area (Å²) < 4.78 is 20.7. The molecule has 7 rings (SSSR count). The second kappa shape index (κ2) is 13.9. The largest absolute Gasteiger partial charge is 0.493 e. The molecule has 12 heteroatoms. The van der Waals surface area contributed by atoms with Gasteiger partial charge in [-0.2, -0.15) is 0 Å². The summed E-state index contributed by atoms with van der Waals surface area (Å²) in [7, 11) is 3.07. The summed E-state index contributed by atoms with van der Waals surface area (Å²) in [6, 6.07) is 28.1. The van der Waals surface area contributed by atoms with E-state index in [4.69, 9.17) is 19.2 Å². The van der Waals surface area contributed by atoms with Gasteiger partial charge in [-0.25, -0.2) is 9.79 Å². The van der Waals surface area contributed by atoms with Crippen LogP contribution in [0.5, 0.6) is 11.5 Å². The average molecular weight is 701 g/mol. The Kier molecular flexibility index (Phi) is 9.07. The normalized spacial score (nSPS) is 14.3. The van der Waals surface area contributed by atoms with Crippen molar-refractivity contribution in [1.82, 2.24) is 9.13 Å². The second-order valence-corrected chi connectivity index (χ2v) is 12.7. The molecule has 0 unspecified atom stereocenters. The van der Waals surface area contributed by atoms with E-state index in [1.54, 1.807) is 42.9 Å². The zero-order chi connectivity index (χ0) is 35.6. The van der Waals surface area contributed by atoms with Gasteiger partial charge in [0.05, 0.1) is 47.6 Å². The van der Waals surface area contributed by atoms with Crippen molar-refractivity contribution >= 4 is 45.7 Å². The predicted molar refractivity (Wildman–Crippen MR) is 195 cm³/mol. The fourth-order valence-corrected chi connectivity index (χ4v) is 7.35. The summed E-state index contributed by atoms with van der Waals surface area (Å²) in [5, 5.41) is 12.1. The molecule has 0 fully saturated rings. The highest BCUT2D eigenvalue weighted by molar-refractivity contribution is 7.07. The number of para-hydroxylation sites is 1. The molecule has 256 valence electrons. The number of thiazole rings is 1. The van der Waals surface area contributed by atoms with Gasteiger partial charge in [-0.3, -0.25) is 19.5 Å². The lowest BCUT2D eigenvalue weighted by molar-refractivity contribution is -0.384. The number of nitrogens with zero attached hydrogens (tertiary/aromatic N) is 4. The van der Waals surface area contributed by atoms with Gasteiger partial charge >= 0.3 is 5.97 Å². The summed E-state index contributed by atoms with van der Waals surface area (Å²) in [6.07, 6.45) is 3.82. The van der Waals surface area contributed by atoms with E-state index in [2.05, 4.69) is 4.57 Å². The van der Waals surface area contributed by atoms with E-state index in [9.17, 15) is 19.7 Å². The van der Waals surface area contributed by atoms with E-state index in [0.29, 0.717) is 44.2 Å². The number of carbonyl (C=O) groups is 1. The van der Waals surface area contributed by atoms with Crippen molar-refractivity contribution < 1.29 is 23.9 Å². The van der Waals surface area contributed by atoms with Gasteiger partial charge in [0.1, 0.15) is 0 Å². The third-order valence-corrected chi connectivity index (χ3v) is 9.69. The number of aromatic nitrogens is 2. The summed E-state index contributed by atoms with van der Waals surface area (Å²) >= 11 is 1.24. The number of ether oxygens (including phenoxy) is 3. The van der Waals surface area contributed by atoms with Gasteiger partial charge in [0, 0.05) is 46.9 Å². The van der Waals surface area contributed by atoms with Gasteiger partial charge < -0.3 is 18.8 Å². The van der Waals surface area contributed by atoms with Crippen molar-refractivity contribution in [2.24, 2.45) is 4.99 Å². The minimum atomic E-state index is -0.888. The standard InChI is InChI=1S/C39H32N4O7S/c1-4-50-38(45)34-35(25-10-6-5-7-11-25)40-39-42(36(34)26-16-19-31(48-2)32(20-26)49-3)37(44)33(51-39)21-27-23-41(30-13-9-8-12-29(27)30)22-24-14-17-28(18-15-24)43(46)47/h5-21,23,36H,4,22H2,1-3H3/b33-21-/t36-/m1/s1. The lowest BCUT2D eigenvalue weighted by Gasteiger charge is -2.26. The fraction of sp³-hybridized carbons (Fsp3) is 0.154. The maximum Gasteiger partial charge on any atom is 0.338 e. The molecule has 1 aliphatic heterocycles. The third-order valence-electron chi connectivity index (χ3n) is 8.70. The molecule has 0 bridgehead atoms. The molecule has 0 N–H and O–H groups in total. The molecule has 1 atom stereocenters. The van der Waals surface area contributed by atoms with Crippen molar-refractivity contribution in [3.8, 4) is 11.5 Å². The van der Waals surface area contributed by atoms with Gasteiger partial charge in [0.15, 0.2) is 16.3 Å². The topological polar surface area (TPSA) is 127 Å². The van der Waals surface area contributed by atoms with Crippen LogP contribution in [-0.4, -0.2) is 40.9 Å². The van der Waals surface area contributed by atoms with Crippen molar-refractivity contribution in [1.29, 1.82) is 0 Å². The summed E-state index contributed by atoms with van der Waals surface area (Å²) in [5.74, 6) is 0.367. The minimum Gasteiger partial charge on any atom is -0.493 e. The molecule has 11 nitrogen and oxygen atoms in total. The third kappa shape index (κ3) is 6.21. The van der Waals surface area contributed by atoms with Crippen LogP contribution >= 0.6 is 11.3 Å². The van der Waals surface area contributed by atoms with Crippen molar-refractivity contribution in [3.05, 3.63) is 161 Å². The van der Waals surface area contributed by atoms with Crippen LogP contribution in [0.1, 0.15) is 35.2 Å². The van der Waals surface area contributed by atoms with Crippen LogP contribution in [0.25, 0.3) is 22.7 Å². The van der Waals surface area contributed by atoms with Gasteiger partial charge in [-0.05, 0) is 42.3 Å². The number of rotatable bonds is 10. The Hall–Kier alpha value is -6.27. The number of hydrogen-bond acceptors (Lipinski definition) is 9. The van der Waals surface area contributed by atoms with Crippen molar-refractivity contribution in [2.45, 2.75) is 19.5 Å². The van der Waals surface area contributed by atoms with Crippen LogP contribution in [0.3, 0.4) is 0 Å². The van der Waals surface area contributed by atoms with Gasteiger partial charge in [-0.15, -0.1) is 0 Å². The van der Waals surface area contributed by atoms with E-state index in [1.807, 2.05) is 72.9 Å². The van der Waals surface area contributed by atoms with Crippen molar-refractivity contribution in [2.75, 3.05) is 20.8 Å². The lowest BCUT2D eigenvalue weighted by atomic mass is 9.93. The number of benzene rings is 4. The minimum absolute atomic E-state index is 0.0279. The van der Waals surface area contributed by atoms with E-state index >= 15 is 0 Å². The fourth-order valence-electron chi connectivity index (χ4n) is 6.36. The molecule has 6 aromatic rings. The van der Waals surface area contributed by atoms with E-state index in [1.165, 1.54) is 30.6 Å². The molecule has 0 saturated carbocycles. The molecule has 0 spiro atoms. The van der Waals surface area contributed by atoms with Crippen LogP contribution in [0.4, 0.5) is 5.69 Å². The Balaban J connectivity index is 1.43. The Morgan fingerprint density at radius 2 is 1.69 bits per heavy atom. The first-order chi connectivity index (χ1) is 24.8. The van der Waals surface area contributed by atoms with Crippen molar-refractivity contribution in [3.63, 3.8) is 0 Å². The molecule has 0 saturated heterocycles. The Bertz CT molecular complexity index is 2510. The molecule has 4 aromatic carbocycles. The summed E-state index contributed by atoms with van der Waals surface area (Å²) in [6.45, 7) is 2.34. The smallest absolute Gasteiger partial charge is 0.338 e. The summed E-state index contributed by atoms with van der Waals surface area (Å²) in [4.78, 5) is 44.6. The number of non-ortho nitro benzene ring substituents is 1. The van der Waals surface area contributed by atoms with E-state index in [-0.39, 0.29) is 23.4 Å². The second-order valence-electron chi connectivity index (χ2n) is 11.7. The Labute approximate surface area is 295 Å². The summed E-state index contributed by atoms with van der Waals surface area (Å²) in [5.41, 5.74) is 4.32. The number of nitro groups is 1. The molecular formula is C39H32N4O7S. The number of methoxy groups -OCH3 is 2. The first-order valence-corrected chi connectivity index (χ1v) is 16.9. The highest BCUT2D eigenvalue weighted by Gasteiger charge is 2.35. The van der Waals surface area contributed by atoms with Gasteiger partial charge in [0.2, 0.25) is 0 Å². The zero-order valence-corrected chi connectivity index (χ0v) is 28.8. The maximum absolute atomic E-state index is 14.6. The Morgan fingerprint density at radius 1 is 0.961 bits per heavy atom. The predicted octanol–water partition coefficient (Wildman–Crippen LogP) is 5.86. The maximum atomic E-state index is 14.6. The van der Waals surface area contributed by atoms with E-state index < -0.39 is 16.9 Å². The molecule has 51 heavy (non-hydrogen) atoms. The molecule has 3 heterocycles. The Morgan fingerprint density at radius 3 is 2.39 bits per heavy atom. The quantitative estimate of drug-likeness (QED) is 0.0995. The zero-order valence-electron chi connectivity index (χ0n) is 27.9. The van der Waals surface area contributed by atoms with Crippen LogP contribution in [0, 0.1) is 10.1 Å². The first kappa shape index (κ1) is 33.2. The monoisotopic (exact) mass is 700 g/mol. The van der Waals surface area contributed by atoms with E-state index in [0.717, 1.165) is 22.0 Å². The van der Waals surface area contributed by atoms with Crippen LogP contribution in [0.15, 0.2) is 119 Å². The lowest BCUT2D eigenvalue weighted by Crippen LogP contribution is -2.40. The first-order valence-electron chi connectivity index (χ1n) is 16.1. The van der Waals surface area contributed by atoms with Crippen LogP contribution in [-0.2, 0) is 16.1 Å². The van der Waals surface area contributed by atoms with Crippen LogP contribution in [0.2, 0.25) is 0 Å². The number of hydrogen-bond donors (Lipinski definition) is 0. The van der Waals surface area contributed by atoms with Gasteiger partial charge in [0.25, 0.3) is 11.2 Å². The molecule has 1 aliphatic rings. The number of carbonyl (C=O) groups excluding carboxylic acids is 1. The highest BCUT2D eigenvalue weighted by atomic mass is 32.1. The molecular weight excluding hydrogens is 669 g/mol. The van der Waals surface area contributed by atoms with Gasteiger partial charge in [-0.1, -0.05) is 78.1 Å². The average Bonchev–Trinajstić information content (AvgIpc) is 3.66. The molecule has 2 aromatic heterocycles.